The largest absolute Gasteiger partial charge is 0.457 e. The molecule has 9 heteroatoms. The summed E-state index contributed by atoms with van der Waals surface area (Å²) in [5, 5.41) is 3.55. The summed E-state index contributed by atoms with van der Waals surface area (Å²) in [6.07, 6.45) is 0.240. The second kappa shape index (κ2) is 9.19. The van der Waals surface area contributed by atoms with Crippen molar-refractivity contribution < 1.29 is 13.5 Å². The molecule has 0 bridgehead atoms. The van der Waals surface area contributed by atoms with Crippen LogP contribution >= 0.6 is 11.6 Å². The monoisotopic (exact) mass is 381 g/mol. The average molecular weight is 382 g/mol. The van der Waals surface area contributed by atoms with Gasteiger partial charge in [0.1, 0.15) is 12.3 Å². The molecule has 138 valence electrons. The van der Waals surface area contributed by atoms with Crippen LogP contribution in [0, 0.1) is 0 Å². The van der Waals surface area contributed by atoms with Crippen molar-refractivity contribution in [2.24, 2.45) is 15.9 Å². The number of aromatic nitrogens is 2. The van der Waals surface area contributed by atoms with Gasteiger partial charge in [-0.2, -0.15) is 10.1 Å². The van der Waals surface area contributed by atoms with E-state index in [0.717, 1.165) is 5.69 Å². The topological polar surface area (TPSA) is 85.8 Å². The number of ether oxygens (including phenoxy) is 1. The molecule has 1 aromatic carbocycles. The predicted molar refractivity (Wildman–Crippen MR) is 97.8 cm³/mol. The van der Waals surface area contributed by atoms with Crippen molar-refractivity contribution in [2.75, 3.05) is 6.61 Å². The van der Waals surface area contributed by atoms with Crippen molar-refractivity contribution in [3.05, 3.63) is 46.7 Å². The minimum absolute atomic E-state index is 0.0165. The molecular formula is C17H18ClF2N5O. The highest BCUT2D eigenvalue weighted by atomic mass is 35.5. The fourth-order valence-electron chi connectivity index (χ4n) is 1.92. The summed E-state index contributed by atoms with van der Waals surface area (Å²) in [7, 11) is 0. The lowest BCUT2D eigenvalue weighted by Gasteiger charge is -2.07. The summed E-state index contributed by atoms with van der Waals surface area (Å²) in [6, 6.07) is 6.06. The third-order valence-corrected chi connectivity index (χ3v) is 3.68. The highest BCUT2D eigenvalue weighted by Gasteiger charge is 2.12. The highest BCUT2D eigenvalue weighted by molar-refractivity contribution is 6.32. The molecule has 0 aliphatic carbocycles. The molecule has 0 fully saturated rings. The third-order valence-electron chi connectivity index (χ3n) is 3.34. The Morgan fingerprint density at radius 3 is 2.77 bits per heavy atom. The van der Waals surface area contributed by atoms with Crippen molar-refractivity contribution in [3.63, 3.8) is 0 Å². The van der Waals surface area contributed by atoms with Crippen LogP contribution in [0.3, 0.4) is 0 Å². The summed E-state index contributed by atoms with van der Waals surface area (Å²) in [5.41, 5.74) is 1.14. The van der Waals surface area contributed by atoms with Crippen LogP contribution in [0.5, 0.6) is 6.01 Å². The van der Waals surface area contributed by atoms with Crippen LogP contribution in [0.15, 0.2) is 40.6 Å². The Hall–Kier alpha value is -2.61. The molecule has 2 rings (SSSR count). The normalized spacial score (nSPS) is 12.3. The molecule has 0 saturated carbocycles. The molecule has 1 heterocycles. The molecule has 0 amide bonds. The Morgan fingerprint density at radius 1 is 1.35 bits per heavy atom. The summed E-state index contributed by atoms with van der Waals surface area (Å²) in [5.74, 6) is 5.55. The Kier molecular flexibility index (Phi) is 6.97. The number of hydrazone groups is 1. The molecule has 2 aromatic rings. The molecule has 0 radical (unpaired) electrons. The molecule has 0 aliphatic heterocycles. The number of hydrogen-bond donors (Lipinski definition) is 1. The van der Waals surface area contributed by atoms with E-state index in [9.17, 15) is 8.78 Å². The first-order valence-corrected chi connectivity index (χ1v) is 8.12. The molecule has 1 aromatic heterocycles. The first kappa shape index (κ1) is 19.7. The van der Waals surface area contributed by atoms with Crippen molar-refractivity contribution >= 4 is 29.2 Å². The molecule has 26 heavy (non-hydrogen) atoms. The number of aliphatic imine (C=N–C) groups is 1. The number of alkyl halides is 2. The number of halogens is 3. The first-order chi connectivity index (χ1) is 12.4. The highest BCUT2D eigenvalue weighted by Crippen LogP contribution is 2.30. The molecule has 0 unspecified atom stereocenters. The van der Waals surface area contributed by atoms with E-state index in [0.29, 0.717) is 5.69 Å². The van der Waals surface area contributed by atoms with Gasteiger partial charge in [-0.3, -0.25) is 4.99 Å². The van der Waals surface area contributed by atoms with Crippen LogP contribution in [-0.2, 0) is 0 Å². The van der Waals surface area contributed by atoms with Crippen molar-refractivity contribution in [3.8, 4) is 6.01 Å². The fraction of sp³-hybridized carbons (Fsp3) is 0.294. The summed E-state index contributed by atoms with van der Waals surface area (Å²) < 4.78 is 31.2. The van der Waals surface area contributed by atoms with Crippen molar-refractivity contribution in [1.29, 1.82) is 0 Å². The van der Waals surface area contributed by atoms with Gasteiger partial charge >= 0.3 is 6.01 Å². The van der Waals surface area contributed by atoms with Gasteiger partial charge in [0.2, 0.25) is 0 Å². The molecule has 0 aliphatic rings. The van der Waals surface area contributed by atoms with E-state index in [1.54, 1.807) is 12.3 Å². The summed E-state index contributed by atoms with van der Waals surface area (Å²) in [6.45, 7) is 3.99. The third kappa shape index (κ3) is 5.45. The lowest BCUT2D eigenvalue weighted by Crippen LogP contribution is -2.16. The van der Waals surface area contributed by atoms with Gasteiger partial charge in [0, 0.05) is 16.8 Å². The van der Waals surface area contributed by atoms with Crippen LogP contribution < -0.4 is 10.6 Å². The average Bonchev–Trinajstić information content (AvgIpc) is 2.63. The number of nitrogens with two attached hydrogens (primary N) is 1. The summed E-state index contributed by atoms with van der Waals surface area (Å²) >= 11 is 5.72. The number of benzene rings is 1. The zero-order chi connectivity index (χ0) is 19.1. The van der Waals surface area contributed by atoms with E-state index in [2.05, 4.69) is 20.1 Å². The zero-order valence-electron chi connectivity index (χ0n) is 14.2. The van der Waals surface area contributed by atoms with E-state index >= 15 is 0 Å². The zero-order valence-corrected chi connectivity index (χ0v) is 15.0. The molecule has 6 nitrogen and oxygen atoms in total. The Balaban J connectivity index is 2.05. The predicted octanol–water partition coefficient (Wildman–Crippen LogP) is 4.29. The maximum absolute atomic E-state index is 12.9. The SMILES string of the molecule is CC(C)c1ccnc(OCC(C=Nc2ccc(Cl)c(C(F)F)c2)=NN)n1. The van der Waals surface area contributed by atoms with Gasteiger partial charge in [-0.25, -0.2) is 13.8 Å². The van der Waals surface area contributed by atoms with Crippen LogP contribution in [0.2, 0.25) is 5.02 Å². The Labute approximate surface area is 154 Å². The molecule has 0 spiro atoms. The van der Waals surface area contributed by atoms with Gasteiger partial charge in [0.05, 0.1) is 17.6 Å². The summed E-state index contributed by atoms with van der Waals surface area (Å²) in [4.78, 5) is 12.4. The van der Waals surface area contributed by atoms with Crippen LogP contribution in [0.25, 0.3) is 0 Å². The van der Waals surface area contributed by atoms with Crippen LogP contribution in [0.4, 0.5) is 14.5 Å². The minimum Gasteiger partial charge on any atom is -0.457 e. The lowest BCUT2D eigenvalue weighted by molar-refractivity contribution is 0.151. The van der Waals surface area contributed by atoms with E-state index in [1.165, 1.54) is 24.4 Å². The first-order valence-electron chi connectivity index (χ1n) is 7.75. The number of hydrogen-bond acceptors (Lipinski definition) is 6. The van der Waals surface area contributed by atoms with E-state index in [1.807, 2.05) is 13.8 Å². The standard InChI is InChI=1S/C17H18ClF2N5O/c1-10(2)15-5-6-22-17(24-15)26-9-12(25-21)8-23-11-3-4-14(18)13(7-11)16(19)20/h3-8,10,16H,9,21H2,1-2H3. The van der Waals surface area contributed by atoms with Gasteiger partial charge in [-0.1, -0.05) is 25.4 Å². The fourth-order valence-corrected chi connectivity index (χ4v) is 2.12. The second-order valence-electron chi connectivity index (χ2n) is 5.59. The minimum atomic E-state index is -2.69. The number of nitrogens with zero attached hydrogens (tertiary/aromatic N) is 4. The maximum atomic E-state index is 12.9. The smallest absolute Gasteiger partial charge is 0.316 e. The van der Waals surface area contributed by atoms with Gasteiger partial charge < -0.3 is 10.6 Å². The quantitative estimate of drug-likeness (QED) is 0.440. The Bertz CT molecular complexity index is 811. The molecular weight excluding hydrogens is 364 g/mol. The van der Waals surface area contributed by atoms with Crippen molar-refractivity contribution in [1.82, 2.24) is 9.97 Å². The Morgan fingerprint density at radius 2 is 2.12 bits per heavy atom. The van der Waals surface area contributed by atoms with Gasteiger partial charge in [-0.15, -0.1) is 0 Å². The van der Waals surface area contributed by atoms with Gasteiger partial charge in [0.15, 0.2) is 0 Å². The van der Waals surface area contributed by atoms with Crippen molar-refractivity contribution in [2.45, 2.75) is 26.2 Å². The van der Waals surface area contributed by atoms with Gasteiger partial charge in [-0.05, 0) is 30.2 Å². The van der Waals surface area contributed by atoms with Crippen LogP contribution in [-0.4, -0.2) is 28.5 Å². The second-order valence-corrected chi connectivity index (χ2v) is 6.00. The molecule has 0 saturated heterocycles. The molecule has 2 N–H and O–H groups in total. The number of rotatable bonds is 7. The lowest BCUT2D eigenvalue weighted by atomic mass is 10.1. The molecule has 0 atom stereocenters. The van der Waals surface area contributed by atoms with E-state index in [4.69, 9.17) is 22.2 Å². The van der Waals surface area contributed by atoms with E-state index < -0.39 is 6.43 Å². The maximum Gasteiger partial charge on any atom is 0.316 e. The van der Waals surface area contributed by atoms with E-state index in [-0.39, 0.29) is 34.8 Å². The van der Waals surface area contributed by atoms with Gasteiger partial charge in [0.25, 0.3) is 6.43 Å². The van der Waals surface area contributed by atoms with Crippen LogP contribution in [0.1, 0.15) is 37.4 Å².